The van der Waals surface area contributed by atoms with E-state index in [1.165, 1.54) is 0 Å². The molecule has 1 aliphatic rings. The van der Waals surface area contributed by atoms with Crippen molar-refractivity contribution in [3.63, 3.8) is 0 Å². The first-order valence-electron chi connectivity index (χ1n) is 10.1. The van der Waals surface area contributed by atoms with Crippen LogP contribution < -0.4 is 16.0 Å². The molecule has 1 aromatic heterocycles. The lowest BCUT2D eigenvalue weighted by molar-refractivity contribution is -0.128. The summed E-state index contributed by atoms with van der Waals surface area (Å²) >= 11 is 0. The maximum Gasteiger partial charge on any atom is 0.315 e. The molecule has 0 saturated heterocycles. The Balaban J connectivity index is 1.81. The first-order chi connectivity index (χ1) is 13.1. The number of carbonyl (C=O) groups excluding carboxylic acids is 2. The average molecular weight is 380 g/mol. The van der Waals surface area contributed by atoms with Gasteiger partial charge >= 0.3 is 6.03 Å². The van der Waals surface area contributed by atoms with E-state index in [2.05, 4.69) is 32.8 Å². The van der Waals surface area contributed by atoms with Crippen LogP contribution in [0, 0.1) is 5.92 Å². The molecule has 1 saturated carbocycles. The van der Waals surface area contributed by atoms with Crippen LogP contribution in [0.25, 0.3) is 0 Å². The molecule has 152 valence electrons. The Kier molecular flexibility index (Phi) is 9.10. The number of urea groups is 1. The number of aromatic nitrogens is 2. The van der Waals surface area contributed by atoms with Crippen LogP contribution in [0.5, 0.6) is 0 Å². The van der Waals surface area contributed by atoms with Gasteiger partial charge in [-0.05, 0) is 32.1 Å². The van der Waals surface area contributed by atoms with Gasteiger partial charge < -0.3 is 25.7 Å². The number of aromatic amines is 1. The van der Waals surface area contributed by atoms with Crippen molar-refractivity contribution in [3.05, 3.63) is 18.2 Å². The van der Waals surface area contributed by atoms with Crippen molar-refractivity contribution in [1.82, 2.24) is 25.9 Å². The number of H-pyrrole nitrogens is 1. The summed E-state index contributed by atoms with van der Waals surface area (Å²) < 4.78 is 5.96. The first-order valence-corrected chi connectivity index (χ1v) is 10.1. The van der Waals surface area contributed by atoms with Gasteiger partial charge in [-0.25, -0.2) is 9.78 Å². The van der Waals surface area contributed by atoms with Gasteiger partial charge in [-0.15, -0.1) is 0 Å². The van der Waals surface area contributed by atoms with Crippen LogP contribution >= 0.6 is 0 Å². The summed E-state index contributed by atoms with van der Waals surface area (Å²) in [6.45, 7) is 5.91. The van der Waals surface area contributed by atoms with E-state index in [1.807, 2.05) is 6.92 Å². The lowest BCUT2D eigenvalue weighted by atomic mass is 9.83. The van der Waals surface area contributed by atoms with E-state index in [1.54, 1.807) is 12.4 Å². The fourth-order valence-electron chi connectivity index (χ4n) is 3.33. The van der Waals surface area contributed by atoms with Crippen molar-refractivity contribution in [1.29, 1.82) is 0 Å². The van der Waals surface area contributed by atoms with Gasteiger partial charge in [0.05, 0.1) is 12.1 Å². The Morgan fingerprint density at radius 3 is 2.78 bits per heavy atom. The molecule has 4 N–H and O–H groups in total. The molecule has 0 unspecified atom stereocenters. The molecule has 8 heteroatoms. The van der Waals surface area contributed by atoms with Gasteiger partial charge in [0.15, 0.2) is 0 Å². The van der Waals surface area contributed by atoms with Crippen molar-refractivity contribution < 1.29 is 14.3 Å². The summed E-state index contributed by atoms with van der Waals surface area (Å²) in [6.07, 6.45) is 7.96. The zero-order valence-electron chi connectivity index (χ0n) is 16.4. The Hall–Kier alpha value is -2.09. The van der Waals surface area contributed by atoms with Crippen LogP contribution in [0.1, 0.15) is 51.8 Å². The van der Waals surface area contributed by atoms with Crippen LogP contribution in [0.3, 0.4) is 0 Å². The molecule has 8 nitrogen and oxygen atoms in total. The molecule has 3 atom stereocenters. The first kappa shape index (κ1) is 21.2. The highest BCUT2D eigenvalue weighted by atomic mass is 16.5. The number of rotatable bonds is 10. The second kappa shape index (κ2) is 11.6. The molecule has 2 rings (SSSR count). The van der Waals surface area contributed by atoms with Crippen molar-refractivity contribution >= 4 is 11.9 Å². The van der Waals surface area contributed by atoms with Crippen molar-refractivity contribution in [2.24, 2.45) is 5.92 Å². The van der Waals surface area contributed by atoms with Crippen LogP contribution in [0.2, 0.25) is 0 Å². The number of nitrogens with zero attached hydrogens (tertiary/aromatic N) is 1. The van der Waals surface area contributed by atoms with Gasteiger partial charge in [-0.3, -0.25) is 4.79 Å². The SMILES string of the molecule is CCCNC(=O)N[C@H]1CC[C@H](C(=O)NCCc2ncc[nH]2)C[C@@H]1OCCC. The predicted octanol–water partition coefficient (Wildman–Crippen LogP) is 1.74. The molecule has 0 radical (unpaired) electrons. The van der Waals surface area contributed by atoms with Gasteiger partial charge in [0.1, 0.15) is 5.82 Å². The number of ether oxygens (including phenoxy) is 1. The molecule has 27 heavy (non-hydrogen) atoms. The number of amides is 3. The highest BCUT2D eigenvalue weighted by Crippen LogP contribution is 2.27. The summed E-state index contributed by atoms with van der Waals surface area (Å²) in [5, 5.41) is 8.85. The largest absolute Gasteiger partial charge is 0.376 e. The van der Waals surface area contributed by atoms with Crippen LogP contribution in [0.15, 0.2) is 12.4 Å². The summed E-state index contributed by atoms with van der Waals surface area (Å²) in [6, 6.07) is -0.214. The third kappa shape index (κ3) is 7.21. The van der Waals surface area contributed by atoms with Gasteiger partial charge in [0.25, 0.3) is 0 Å². The molecule has 1 aliphatic carbocycles. The zero-order chi connectivity index (χ0) is 19.5. The molecule has 1 fully saturated rings. The van der Waals surface area contributed by atoms with Crippen LogP contribution in [-0.2, 0) is 16.0 Å². The second-order valence-corrected chi connectivity index (χ2v) is 7.00. The summed E-state index contributed by atoms with van der Waals surface area (Å²) in [7, 11) is 0. The smallest absolute Gasteiger partial charge is 0.315 e. The molecular weight excluding hydrogens is 346 g/mol. The molecule has 0 aliphatic heterocycles. The fraction of sp³-hybridized carbons (Fsp3) is 0.737. The van der Waals surface area contributed by atoms with E-state index in [0.717, 1.165) is 31.5 Å². The lowest BCUT2D eigenvalue weighted by Gasteiger charge is -2.35. The summed E-state index contributed by atoms with van der Waals surface area (Å²) in [4.78, 5) is 31.7. The minimum atomic E-state index is -0.159. The number of hydrogen-bond donors (Lipinski definition) is 4. The quantitative estimate of drug-likeness (QED) is 0.496. The topological polar surface area (TPSA) is 108 Å². The highest BCUT2D eigenvalue weighted by Gasteiger charge is 2.35. The molecule has 0 bridgehead atoms. The fourth-order valence-corrected chi connectivity index (χ4v) is 3.33. The van der Waals surface area contributed by atoms with E-state index in [4.69, 9.17) is 4.74 Å². The zero-order valence-corrected chi connectivity index (χ0v) is 16.4. The Labute approximate surface area is 161 Å². The average Bonchev–Trinajstić information content (AvgIpc) is 3.19. The van der Waals surface area contributed by atoms with Gasteiger partial charge in [-0.1, -0.05) is 13.8 Å². The maximum absolute atomic E-state index is 12.5. The monoisotopic (exact) mass is 379 g/mol. The third-order valence-electron chi connectivity index (χ3n) is 4.77. The summed E-state index contributed by atoms with van der Waals surface area (Å²) in [5.74, 6) is 0.839. The molecular formula is C19H33N5O3. The molecule has 1 aromatic rings. The van der Waals surface area contributed by atoms with E-state index in [9.17, 15) is 9.59 Å². The predicted molar refractivity (Wildman–Crippen MR) is 103 cm³/mol. The summed E-state index contributed by atoms with van der Waals surface area (Å²) in [5.41, 5.74) is 0. The normalized spacial score (nSPS) is 22.2. The molecule has 0 spiro atoms. The number of nitrogens with one attached hydrogen (secondary N) is 4. The van der Waals surface area contributed by atoms with Gasteiger partial charge in [0.2, 0.25) is 5.91 Å². The van der Waals surface area contributed by atoms with Gasteiger partial charge in [0, 0.05) is 44.4 Å². The number of imidazole rings is 1. The van der Waals surface area contributed by atoms with E-state index < -0.39 is 0 Å². The Bertz CT molecular complexity index is 564. The van der Waals surface area contributed by atoms with E-state index in [0.29, 0.717) is 32.5 Å². The Morgan fingerprint density at radius 1 is 1.22 bits per heavy atom. The molecule has 3 amide bonds. The molecule has 0 aromatic carbocycles. The standard InChI is InChI=1S/C19H33N5O3/c1-3-8-23-19(26)24-15-6-5-14(13-16(15)27-12-4-2)18(25)22-9-7-17-20-10-11-21-17/h10-11,14-16H,3-9,12-13H2,1-2H3,(H,20,21)(H,22,25)(H2,23,24,26)/t14-,15-,16-/m0/s1. The van der Waals surface area contributed by atoms with E-state index >= 15 is 0 Å². The van der Waals surface area contributed by atoms with Gasteiger partial charge in [-0.2, -0.15) is 0 Å². The van der Waals surface area contributed by atoms with Crippen molar-refractivity contribution in [2.75, 3.05) is 19.7 Å². The Morgan fingerprint density at radius 2 is 2.07 bits per heavy atom. The van der Waals surface area contributed by atoms with Crippen molar-refractivity contribution in [2.45, 2.75) is 64.5 Å². The minimum Gasteiger partial charge on any atom is -0.376 e. The minimum absolute atomic E-state index is 0.0550. The number of carbonyl (C=O) groups is 2. The van der Waals surface area contributed by atoms with Crippen LogP contribution in [-0.4, -0.2) is 53.7 Å². The molecule has 1 heterocycles. The number of hydrogen-bond acceptors (Lipinski definition) is 4. The van der Waals surface area contributed by atoms with E-state index in [-0.39, 0.29) is 30.0 Å². The second-order valence-electron chi connectivity index (χ2n) is 7.00. The lowest BCUT2D eigenvalue weighted by Crippen LogP contribution is -2.52. The third-order valence-corrected chi connectivity index (χ3v) is 4.77. The van der Waals surface area contributed by atoms with Crippen LogP contribution in [0.4, 0.5) is 4.79 Å². The van der Waals surface area contributed by atoms with Crippen molar-refractivity contribution in [3.8, 4) is 0 Å². The highest BCUT2D eigenvalue weighted by molar-refractivity contribution is 5.79. The maximum atomic E-state index is 12.5.